The molecular formula is C34H49N3O6. The second-order valence-corrected chi connectivity index (χ2v) is 12.5. The molecule has 0 saturated carbocycles. The van der Waals surface area contributed by atoms with E-state index in [1.165, 1.54) is 5.56 Å². The molecule has 2 N–H and O–H groups in total. The van der Waals surface area contributed by atoms with Crippen molar-refractivity contribution in [2.75, 3.05) is 13.2 Å². The molecule has 2 aromatic rings. The molecule has 9 heteroatoms. The minimum absolute atomic E-state index is 0.0679. The second kappa shape index (κ2) is 15.6. The average Bonchev–Trinajstić information content (AvgIpc) is 3.35. The Kier molecular flexibility index (Phi) is 12.3. The number of para-hydroxylation sites is 2. The maximum absolute atomic E-state index is 14.0. The minimum Gasteiger partial charge on any atom is -0.493 e. The van der Waals surface area contributed by atoms with Gasteiger partial charge in [-0.25, -0.2) is 4.79 Å². The summed E-state index contributed by atoms with van der Waals surface area (Å²) in [5, 5.41) is 5.44. The molecule has 43 heavy (non-hydrogen) atoms. The van der Waals surface area contributed by atoms with Crippen LogP contribution in [0.3, 0.4) is 0 Å². The van der Waals surface area contributed by atoms with E-state index >= 15 is 0 Å². The van der Waals surface area contributed by atoms with E-state index in [9.17, 15) is 14.4 Å². The molecule has 0 aromatic heterocycles. The Labute approximate surface area is 256 Å². The molecular weight excluding hydrogens is 546 g/mol. The molecule has 236 valence electrons. The fourth-order valence-electron chi connectivity index (χ4n) is 5.15. The number of amides is 3. The van der Waals surface area contributed by atoms with E-state index in [0.29, 0.717) is 19.6 Å². The fraction of sp³-hybridized carbons (Fsp3) is 0.559. The zero-order chi connectivity index (χ0) is 31.6. The maximum Gasteiger partial charge on any atom is 0.408 e. The average molecular weight is 596 g/mol. The van der Waals surface area contributed by atoms with Gasteiger partial charge in [0.05, 0.1) is 13.2 Å². The molecule has 0 spiro atoms. The van der Waals surface area contributed by atoms with Gasteiger partial charge in [-0.05, 0) is 76.6 Å². The molecule has 1 fully saturated rings. The van der Waals surface area contributed by atoms with Gasteiger partial charge >= 0.3 is 6.09 Å². The summed E-state index contributed by atoms with van der Waals surface area (Å²) in [6.07, 6.45) is 2.22. The number of rotatable bonds is 13. The highest BCUT2D eigenvalue weighted by atomic mass is 16.6. The lowest BCUT2D eigenvalue weighted by molar-refractivity contribution is -0.139. The summed E-state index contributed by atoms with van der Waals surface area (Å²) in [4.78, 5) is 41.1. The number of benzene rings is 2. The number of nitrogens with zero attached hydrogens (tertiary/aromatic N) is 1. The number of hydrogen-bond acceptors (Lipinski definition) is 6. The lowest BCUT2D eigenvalue weighted by atomic mass is 10.0. The molecule has 1 saturated heterocycles. The Morgan fingerprint density at radius 2 is 1.65 bits per heavy atom. The van der Waals surface area contributed by atoms with Crippen LogP contribution in [0.25, 0.3) is 0 Å². The van der Waals surface area contributed by atoms with Crippen LogP contribution in [0.15, 0.2) is 54.6 Å². The van der Waals surface area contributed by atoms with Crippen LogP contribution in [-0.2, 0) is 20.7 Å². The summed E-state index contributed by atoms with van der Waals surface area (Å²) in [6.45, 7) is 13.7. The van der Waals surface area contributed by atoms with Gasteiger partial charge in [0.1, 0.15) is 35.3 Å². The van der Waals surface area contributed by atoms with Crippen molar-refractivity contribution in [3.05, 3.63) is 60.2 Å². The molecule has 0 aliphatic carbocycles. The lowest BCUT2D eigenvalue weighted by Gasteiger charge is -2.31. The number of alkyl carbamates (subject to hydrolysis) is 1. The van der Waals surface area contributed by atoms with Gasteiger partial charge in [-0.3, -0.25) is 9.59 Å². The molecule has 0 radical (unpaired) electrons. The third-order valence-electron chi connectivity index (χ3n) is 7.35. The lowest BCUT2D eigenvalue weighted by Crippen LogP contribution is -2.56. The first-order valence-corrected chi connectivity index (χ1v) is 15.4. The number of carbonyl (C=O) groups is 3. The summed E-state index contributed by atoms with van der Waals surface area (Å²) < 4.78 is 17.6. The van der Waals surface area contributed by atoms with E-state index in [1.807, 2.05) is 67.3 Å². The molecule has 1 aliphatic rings. The standard InChI is InChI=1S/C34H49N3O6/c1-8-25-15-12-13-19-29(25)41-20-14-16-26-21-28(42-27-17-10-9-11-18-27)22-37(26)32(39)30(23(2)3)36-31(38)24(4)35-33(40)43-34(5,6)7/h9-13,15,17-19,23-24,26,28,30H,8,14,16,20-22H2,1-7H3,(H,35,40)(H,36,38)/t24-,26+,28-,30-/m0/s1. The van der Waals surface area contributed by atoms with Crippen LogP contribution in [0.5, 0.6) is 11.5 Å². The van der Waals surface area contributed by atoms with Crippen LogP contribution in [0, 0.1) is 5.92 Å². The van der Waals surface area contributed by atoms with E-state index in [-0.39, 0.29) is 24.0 Å². The third-order valence-corrected chi connectivity index (χ3v) is 7.35. The number of ether oxygens (including phenoxy) is 3. The van der Waals surface area contributed by atoms with Gasteiger partial charge in [0, 0.05) is 12.5 Å². The highest BCUT2D eigenvalue weighted by Gasteiger charge is 2.40. The Bertz CT molecular complexity index is 1200. The highest BCUT2D eigenvalue weighted by molar-refractivity contribution is 5.91. The predicted octanol–water partition coefficient (Wildman–Crippen LogP) is 5.51. The summed E-state index contributed by atoms with van der Waals surface area (Å²) in [5.74, 6) is 0.874. The normalized spacial score (nSPS) is 18.1. The summed E-state index contributed by atoms with van der Waals surface area (Å²) in [7, 11) is 0. The number of nitrogens with one attached hydrogen (secondary N) is 2. The van der Waals surface area contributed by atoms with Crippen LogP contribution in [0.2, 0.25) is 0 Å². The Morgan fingerprint density at radius 1 is 0.977 bits per heavy atom. The second-order valence-electron chi connectivity index (χ2n) is 12.5. The van der Waals surface area contributed by atoms with Crippen LogP contribution in [-0.4, -0.2) is 65.8 Å². The predicted molar refractivity (Wildman–Crippen MR) is 167 cm³/mol. The third kappa shape index (κ3) is 10.5. The van der Waals surface area contributed by atoms with Gasteiger partial charge in [0.25, 0.3) is 0 Å². The molecule has 0 unspecified atom stereocenters. The molecule has 3 amide bonds. The van der Waals surface area contributed by atoms with Crippen molar-refractivity contribution in [2.24, 2.45) is 5.92 Å². The van der Waals surface area contributed by atoms with Crippen molar-refractivity contribution in [3.8, 4) is 11.5 Å². The first-order valence-electron chi connectivity index (χ1n) is 15.4. The van der Waals surface area contributed by atoms with Gasteiger partial charge in [0.2, 0.25) is 11.8 Å². The Morgan fingerprint density at radius 3 is 2.30 bits per heavy atom. The first-order chi connectivity index (χ1) is 20.4. The van der Waals surface area contributed by atoms with Gasteiger partial charge in [0.15, 0.2) is 0 Å². The SMILES string of the molecule is CCc1ccccc1OCCC[C@@H]1C[C@H](Oc2ccccc2)CN1C(=O)[C@@H](NC(=O)[C@H](C)NC(=O)OC(C)(C)C)C(C)C. The summed E-state index contributed by atoms with van der Waals surface area (Å²) in [5.41, 5.74) is 0.479. The maximum atomic E-state index is 14.0. The number of carbonyl (C=O) groups excluding carboxylic acids is 3. The molecule has 1 heterocycles. The topological polar surface area (TPSA) is 106 Å². The molecule has 4 atom stereocenters. The molecule has 0 bridgehead atoms. The Balaban J connectivity index is 1.68. The van der Waals surface area contributed by atoms with Gasteiger partial charge in [-0.1, -0.05) is 57.2 Å². The largest absolute Gasteiger partial charge is 0.493 e. The van der Waals surface area contributed by atoms with Crippen molar-refractivity contribution in [2.45, 2.75) is 104 Å². The van der Waals surface area contributed by atoms with Crippen molar-refractivity contribution >= 4 is 17.9 Å². The van der Waals surface area contributed by atoms with E-state index in [0.717, 1.165) is 30.8 Å². The molecule has 1 aliphatic heterocycles. The van der Waals surface area contributed by atoms with Crippen molar-refractivity contribution < 1.29 is 28.6 Å². The van der Waals surface area contributed by atoms with Crippen molar-refractivity contribution in [1.29, 1.82) is 0 Å². The summed E-state index contributed by atoms with van der Waals surface area (Å²) >= 11 is 0. The summed E-state index contributed by atoms with van der Waals surface area (Å²) in [6, 6.07) is 15.9. The number of likely N-dealkylation sites (tertiary alicyclic amines) is 1. The zero-order valence-corrected chi connectivity index (χ0v) is 26.7. The quantitative estimate of drug-likeness (QED) is 0.296. The number of aryl methyl sites for hydroxylation is 1. The molecule has 9 nitrogen and oxygen atoms in total. The van der Waals surface area contributed by atoms with Gasteiger partial charge in [-0.2, -0.15) is 0 Å². The van der Waals surface area contributed by atoms with E-state index in [4.69, 9.17) is 14.2 Å². The fourth-order valence-corrected chi connectivity index (χ4v) is 5.15. The minimum atomic E-state index is -0.879. The highest BCUT2D eigenvalue weighted by Crippen LogP contribution is 2.28. The van der Waals surface area contributed by atoms with Crippen molar-refractivity contribution in [3.63, 3.8) is 0 Å². The number of hydrogen-bond donors (Lipinski definition) is 2. The van der Waals surface area contributed by atoms with Crippen LogP contribution >= 0.6 is 0 Å². The molecule has 3 rings (SSSR count). The Hall–Kier alpha value is -3.75. The van der Waals surface area contributed by atoms with Gasteiger partial charge < -0.3 is 29.7 Å². The van der Waals surface area contributed by atoms with Crippen LogP contribution < -0.4 is 20.1 Å². The van der Waals surface area contributed by atoms with E-state index in [2.05, 4.69) is 23.6 Å². The smallest absolute Gasteiger partial charge is 0.408 e. The van der Waals surface area contributed by atoms with Crippen LogP contribution in [0.1, 0.15) is 73.3 Å². The van der Waals surface area contributed by atoms with Crippen LogP contribution in [0.4, 0.5) is 4.79 Å². The first kappa shape index (κ1) is 33.7. The van der Waals surface area contributed by atoms with E-state index < -0.39 is 29.7 Å². The van der Waals surface area contributed by atoms with Gasteiger partial charge in [-0.15, -0.1) is 0 Å². The van der Waals surface area contributed by atoms with Crippen molar-refractivity contribution in [1.82, 2.24) is 15.5 Å². The zero-order valence-electron chi connectivity index (χ0n) is 26.7. The van der Waals surface area contributed by atoms with E-state index in [1.54, 1.807) is 27.7 Å². The monoisotopic (exact) mass is 595 g/mol. The molecule has 2 aromatic carbocycles.